The smallest absolute Gasteiger partial charge is 0.00784 e. The third-order valence-electron chi connectivity index (χ3n) is 2.32. The quantitative estimate of drug-likeness (QED) is 0.527. The number of rotatable bonds is 0. The van der Waals surface area contributed by atoms with E-state index in [9.17, 15) is 0 Å². The fraction of sp³-hybridized carbons (Fsp3) is 0.167. The lowest BCUT2D eigenvalue weighted by Gasteiger charge is -2.04. The normalized spacial score (nSPS) is 9.43. The molecule has 0 radical (unpaired) electrons. The topological polar surface area (TPSA) is 0 Å². The van der Waals surface area contributed by atoms with Crippen LogP contribution in [0.25, 0.3) is 10.8 Å². The molecule has 0 aromatic heterocycles. The van der Waals surface area contributed by atoms with Gasteiger partial charge in [0.1, 0.15) is 0 Å². The second-order valence-corrected chi connectivity index (χ2v) is 3.25. The van der Waals surface area contributed by atoms with Crippen LogP contribution in [0.2, 0.25) is 0 Å². The van der Waals surface area contributed by atoms with E-state index in [1.165, 1.54) is 21.9 Å². The highest BCUT2D eigenvalue weighted by molar-refractivity contribution is 14.2. The maximum Gasteiger partial charge on any atom is -0.00784 e. The fourth-order valence-electron chi connectivity index (χ4n) is 1.75. The van der Waals surface area contributed by atoms with E-state index >= 15 is 0 Å². The maximum absolute atomic E-state index is 3.50. The van der Waals surface area contributed by atoms with E-state index < -0.39 is 0 Å². The van der Waals surface area contributed by atoms with Gasteiger partial charge in [-0.15, -0.1) is 9.80 Å². The Morgan fingerprint density at radius 1 is 0.857 bits per heavy atom. The predicted octanol–water partition coefficient (Wildman–Crippen LogP) is 4.72. The van der Waals surface area contributed by atoms with Crippen molar-refractivity contribution in [3.05, 3.63) is 47.5 Å². The molecule has 0 unspecified atom stereocenters. The van der Waals surface area contributed by atoms with E-state index in [2.05, 4.69) is 60.0 Å². The Hall–Kier alpha value is -0.220. The standard InChI is InChI=1S/C12H12.HIS/c1-9-5-3-7-11-8-4-6-10(2)12(9)11;1-2/h3-8H,1-2H3;2H. The zero-order chi connectivity index (χ0) is 10.6. The van der Waals surface area contributed by atoms with Crippen LogP contribution in [-0.4, -0.2) is 0 Å². The molecular formula is C12H13IS. The van der Waals surface area contributed by atoms with Crippen LogP contribution in [0.4, 0.5) is 0 Å². The monoisotopic (exact) mass is 316 g/mol. The summed E-state index contributed by atoms with van der Waals surface area (Å²) in [4.78, 5) is 0. The zero-order valence-corrected chi connectivity index (χ0v) is 11.3. The van der Waals surface area contributed by atoms with Gasteiger partial charge in [0.05, 0.1) is 0 Å². The van der Waals surface area contributed by atoms with E-state index in [4.69, 9.17) is 0 Å². The highest BCUT2D eigenvalue weighted by atomic mass is 127. The summed E-state index contributed by atoms with van der Waals surface area (Å²) in [6, 6.07) is 12.9. The van der Waals surface area contributed by atoms with Gasteiger partial charge in [-0.25, -0.2) is 0 Å². The van der Waals surface area contributed by atoms with Gasteiger partial charge in [0.2, 0.25) is 0 Å². The molecule has 0 atom stereocenters. The van der Waals surface area contributed by atoms with Gasteiger partial charge < -0.3 is 0 Å². The van der Waals surface area contributed by atoms with Crippen molar-refractivity contribution in [2.24, 2.45) is 0 Å². The van der Waals surface area contributed by atoms with Crippen LogP contribution >= 0.6 is 31.0 Å². The van der Waals surface area contributed by atoms with Crippen LogP contribution in [0, 0.1) is 13.8 Å². The number of aryl methyl sites for hydroxylation is 2. The van der Waals surface area contributed by atoms with Gasteiger partial charge in [0, 0.05) is 0 Å². The first-order valence-electron chi connectivity index (χ1n) is 4.41. The first kappa shape index (κ1) is 11.9. The number of hydrogen-bond donors (Lipinski definition) is 1. The molecule has 14 heavy (non-hydrogen) atoms. The Bertz CT molecular complexity index is 387. The number of thiol groups is 1. The van der Waals surface area contributed by atoms with Gasteiger partial charge >= 0.3 is 0 Å². The van der Waals surface area contributed by atoms with Crippen LogP contribution in [0.3, 0.4) is 0 Å². The molecule has 0 nitrogen and oxygen atoms in total. The molecule has 0 saturated heterocycles. The summed E-state index contributed by atoms with van der Waals surface area (Å²) in [6.45, 7) is 4.32. The van der Waals surface area contributed by atoms with Crippen molar-refractivity contribution in [1.82, 2.24) is 0 Å². The molecule has 0 aliphatic rings. The number of hydrogen-bond acceptors (Lipinski definition) is 1. The Morgan fingerprint density at radius 2 is 1.29 bits per heavy atom. The molecule has 0 bridgehead atoms. The summed E-state index contributed by atoms with van der Waals surface area (Å²) in [5.41, 5.74) is 2.73. The summed E-state index contributed by atoms with van der Waals surface area (Å²) >= 11 is 1.84. The van der Waals surface area contributed by atoms with Crippen LogP contribution < -0.4 is 0 Å². The highest BCUT2D eigenvalue weighted by Crippen LogP contribution is 2.21. The third-order valence-corrected chi connectivity index (χ3v) is 2.32. The number of fused-ring (bicyclic) bond motifs is 1. The molecule has 2 aromatic rings. The van der Waals surface area contributed by atoms with E-state index in [0.717, 1.165) is 0 Å². The Labute approximate surface area is 103 Å². The predicted molar refractivity (Wildman–Crippen MR) is 76.4 cm³/mol. The first-order chi connectivity index (χ1) is 6.79. The van der Waals surface area contributed by atoms with Crippen molar-refractivity contribution in [3.8, 4) is 0 Å². The molecule has 2 heteroatoms. The van der Waals surface area contributed by atoms with Crippen LogP contribution in [-0.2, 0) is 0 Å². The molecule has 0 heterocycles. The summed E-state index contributed by atoms with van der Waals surface area (Å²) in [5, 5.41) is 2.75. The molecule has 0 N–H and O–H groups in total. The number of benzene rings is 2. The second kappa shape index (κ2) is 5.61. The molecular weight excluding hydrogens is 303 g/mol. The van der Waals surface area contributed by atoms with Gasteiger partial charge in [-0.1, -0.05) is 36.4 Å². The van der Waals surface area contributed by atoms with Gasteiger partial charge in [-0.2, -0.15) is 0 Å². The van der Waals surface area contributed by atoms with Gasteiger partial charge in [0.25, 0.3) is 0 Å². The SMILES string of the molecule is Cc1cccc2cccc(C)c12.SI. The van der Waals surface area contributed by atoms with E-state index in [0.29, 0.717) is 0 Å². The summed E-state index contributed by atoms with van der Waals surface area (Å²) in [6.07, 6.45) is 0. The summed E-state index contributed by atoms with van der Waals surface area (Å²) < 4.78 is 0. The minimum Gasteiger partial charge on any atom is -0.107 e. The molecule has 2 rings (SSSR count). The van der Waals surface area contributed by atoms with Crippen LogP contribution in [0.15, 0.2) is 36.4 Å². The molecule has 0 aliphatic heterocycles. The first-order valence-corrected chi connectivity index (χ1v) is 7.64. The average Bonchev–Trinajstić information content (AvgIpc) is 2.21. The summed E-state index contributed by atoms with van der Waals surface area (Å²) in [5.74, 6) is 0. The molecule has 0 saturated carbocycles. The third kappa shape index (κ3) is 2.42. The molecule has 2 aromatic carbocycles. The lowest BCUT2D eigenvalue weighted by atomic mass is 10.0. The summed E-state index contributed by atoms with van der Waals surface area (Å²) in [7, 11) is 3.50. The maximum atomic E-state index is 3.50. The van der Waals surface area contributed by atoms with Crippen molar-refractivity contribution in [2.75, 3.05) is 0 Å². The van der Waals surface area contributed by atoms with Crippen LogP contribution in [0.5, 0.6) is 0 Å². The van der Waals surface area contributed by atoms with Crippen molar-refractivity contribution < 1.29 is 0 Å². The van der Waals surface area contributed by atoms with E-state index in [1.54, 1.807) is 0 Å². The van der Waals surface area contributed by atoms with Gasteiger partial charge in [0.15, 0.2) is 0 Å². The molecule has 0 aliphatic carbocycles. The fourth-order valence-corrected chi connectivity index (χ4v) is 1.75. The lowest BCUT2D eigenvalue weighted by molar-refractivity contribution is 1.46. The van der Waals surface area contributed by atoms with E-state index in [1.807, 2.05) is 21.2 Å². The minimum absolute atomic E-state index is 1.34. The zero-order valence-electron chi connectivity index (χ0n) is 8.29. The Balaban J connectivity index is 0.000000461. The minimum atomic E-state index is 1.34. The lowest BCUT2D eigenvalue weighted by Crippen LogP contribution is -1.81. The molecule has 0 fully saturated rings. The van der Waals surface area contributed by atoms with Crippen molar-refractivity contribution in [1.29, 1.82) is 0 Å². The molecule has 0 spiro atoms. The van der Waals surface area contributed by atoms with Crippen LogP contribution in [0.1, 0.15) is 11.1 Å². The Morgan fingerprint density at radius 3 is 1.64 bits per heavy atom. The highest BCUT2D eigenvalue weighted by Gasteiger charge is 1.97. The second-order valence-electron chi connectivity index (χ2n) is 3.25. The molecule has 0 amide bonds. The molecule has 74 valence electrons. The van der Waals surface area contributed by atoms with Crippen molar-refractivity contribution >= 4 is 41.8 Å². The Kier molecular flexibility index (Phi) is 4.75. The number of halogens is 1. The average molecular weight is 316 g/mol. The largest absolute Gasteiger partial charge is 0.107 e. The van der Waals surface area contributed by atoms with Gasteiger partial charge in [-0.3, -0.25) is 0 Å². The van der Waals surface area contributed by atoms with Crippen molar-refractivity contribution in [3.63, 3.8) is 0 Å². The van der Waals surface area contributed by atoms with Gasteiger partial charge in [-0.05, 0) is 57.0 Å². The van der Waals surface area contributed by atoms with Crippen molar-refractivity contribution in [2.45, 2.75) is 13.8 Å². The van der Waals surface area contributed by atoms with E-state index in [-0.39, 0.29) is 0 Å².